The third kappa shape index (κ3) is 3.73. The van der Waals surface area contributed by atoms with Crippen molar-refractivity contribution in [2.45, 2.75) is 117 Å². The third-order valence-electron chi connectivity index (χ3n) is 10.8. The van der Waals surface area contributed by atoms with E-state index in [0.29, 0.717) is 23.2 Å². The van der Waals surface area contributed by atoms with Crippen molar-refractivity contribution in [2.24, 2.45) is 52.3 Å². The largest absolute Gasteiger partial charge is 0.393 e. The standard InChI is InChI=1S/C27H48O2/c1-17(2)7-6-8-18(3)22-11-12-23-21-10-9-19-15-20(28)13-14-26(19,4)25(21)24(29)16-27(22,23)5/h17-25,28-29H,6-16H2,1-5H3/t18-,19?,20?,21+,22-,23+,24?,25-,26+,27-/m1/s1. The van der Waals surface area contributed by atoms with E-state index >= 15 is 0 Å². The van der Waals surface area contributed by atoms with Crippen molar-refractivity contribution in [2.75, 3.05) is 0 Å². The number of aliphatic hydroxyl groups is 2. The van der Waals surface area contributed by atoms with Crippen LogP contribution in [0.15, 0.2) is 0 Å². The van der Waals surface area contributed by atoms with Gasteiger partial charge in [0.2, 0.25) is 0 Å². The normalized spacial score (nSPS) is 50.7. The highest BCUT2D eigenvalue weighted by molar-refractivity contribution is 5.12. The Morgan fingerprint density at radius 1 is 0.897 bits per heavy atom. The number of rotatable bonds is 5. The van der Waals surface area contributed by atoms with Gasteiger partial charge in [0.05, 0.1) is 12.2 Å². The van der Waals surface area contributed by atoms with Crippen LogP contribution in [-0.4, -0.2) is 22.4 Å². The molecule has 4 aliphatic carbocycles. The van der Waals surface area contributed by atoms with E-state index in [1.165, 1.54) is 44.9 Å². The highest BCUT2D eigenvalue weighted by atomic mass is 16.3. The Balaban J connectivity index is 1.51. The zero-order valence-corrected chi connectivity index (χ0v) is 19.9. The van der Waals surface area contributed by atoms with E-state index in [1.807, 2.05) is 0 Å². The minimum atomic E-state index is -0.132. The van der Waals surface area contributed by atoms with Gasteiger partial charge in [-0.1, -0.05) is 53.9 Å². The lowest BCUT2D eigenvalue weighted by Crippen LogP contribution is -2.59. The Morgan fingerprint density at radius 2 is 1.66 bits per heavy atom. The maximum Gasteiger partial charge on any atom is 0.0581 e. The van der Waals surface area contributed by atoms with Crippen molar-refractivity contribution < 1.29 is 10.2 Å². The molecule has 0 aromatic carbocycles. The van der Waals surface area contributed by atoms with Gasteiger partial charge in [-0.05, 0) is 104 Å². The van der Waals surface area contributed by atoms with Gasteiger partial charge in [0, 0.05) is 0 Å². The lowest BCUT2D eigenvalue weighted by Gasteiger charge is -2.62. The Hall–Kier alpha value is -0.0800. The van der Waals surface area contributed by atoms with E-state index < -0.39 is 0 Å². The summed E-state index contributed by atoms with van der Waals surface area (Å²) >= 11 is 0. The molecule has 0 aromatic rings. The molecule has 4 rings (SSSR count). The number of hydrogen-bond donors (Lipinski definition) is 2. The molecule has 0 saturated heterocycles. The Bertz CT molecular complexity index is 573. The van der Waals surface area contributed by atoms with Crippen LogP contribution >= 0.6 is 0 Å². The van der Waals surface area contributed by atoms with E-state index in [-0.39, 0.29) is 17.6 Å². The molecule has 4 aliphatic rings. The minimum Gasteiger partial charge on any atom is -0.393 e. The topological polar surface area (TPSA) is 40.5 Å². The Kier molecular flexibility index (Phi) is 6.19. The number of aliphatic hydroxyl groups excluding tert-OH is 2. The molecule has 0 bridgehead atoms. The maximum atomic E-state index is 11.6. The smallest absolute Gasteiger partial charge is 0.0581 e. The molecular weight excluding hydrogens is 356 g/mol. The van der Waals surface area contributed by atoms with Crippen LogP contribution < -0.4 is 0 Å². The van der Waals surface area contributed by atoms with Crippen LogP contribution in [0.4, 0.5) is 0 Å². The molecule has 2 nitrogen and oxygen atoms in total. The first-order valence-corrected chi connectivity index (χ1v) is 13.0. The second-order valence-electron chi connectivity index (χ2n) is 12.8. The van der Waals surface area contributed by atoms with Gasteiger partial charge < -0.3 is 10.2 Å². The summed E-state index contributed by atoms with van der Waals surface area (Å²) in [5.74, 6) is 5.04. The fourth-order valence-corrected chi connectivity index (χ4v) is 9.38. The van der Waals surface area contributed by atoms with Gasteiger partial charge in [-0.15, -0.1) is 0 Å². The predicted octanol–water partition coefficient (Wildman–Crippen LogP) is 6.44. The summed E-state index contributed by atoms with van der Waals surface area (Å²) < 4.78 is 0. The summed E-state index contributed by atoms with van der Waals surface area (Å²) in [6.45, 7) is 12.2. The third-order valence-corrected chi connectivity index (χ3v) is 10.8. The molecule has 2 N–H and O–H groups in total. The van der Waals surface area contributed by atoms with E-state index in [4.69, 9.17) is 0 Å². The lowest BCUT2D eigenvalue weighted by molar-refractivity contribution is -0.179. The van der Waals surface area contributed by atoms with Crippen molar-refractivity contribution in [3.8, 4) is 0 Å². The molecule has 4 fully saturated rings. The fourth-order valence-electron chi connectivity index (χ4n) is 9.38. The summed E-state index contributed by atoms with van der Waals surface area (Å²) in [4.78, 5) is 0. The SMILES string of the molecule is CC(C)CCC[C@@H](C)[C@H]1CC[C@H]2[C@@H]3CCC4CC(O)CC[C@]4(C)[C@H]3C(O)C[C@]12C. The van der Waals surface area contributed by atoms with Crippen LogP contribution in [0.1, 0.15) is 105 Å². The van der Waals surface area contributed by atoms with Gasteiger partial charge in [0.1, 0.15) is 0 Å². The second kappa shape index (κ2) is 8.12. The molecule has 0 aromatic heterocycles. The molecule has 3 unspecified atom stereocenters. The first kappa shape index (κ1) is 22.1. The maximum absolute atomic E-state index is 11.6. The molecule has 0 aliphatic heterocycles. The van der Waals surface area contributed by atoms with E-state index in [1.54, 1.807) is 0 Å². The van der Waals surface area contributed by atoms with Gasteiger partial charge in [0.25, 0.3) is 0 Å². The molecule has 168 valence electrons. The predicted molar refractivity (Wildman–Crippen MR) is 120 cm³/mol. The van der Waals surface area contributed by atoms with Crippen molar-refractivity contribution in [3.05, 3.63) is 0 Å². The Morgan fingerprint density at radius 3 is 2.38 bits per heavy atom. The van der Waals surface area contributed by atoms with Crippen molar-refractivity contribution in [1.82, 2.24) is 0 Å². The van der Waals surface area contributed by atoms with Crippen LogP contribution in [-0.2, 0) is 0 Å². The van der Waals surface area contributed by atoms with Crippen molar-refractivity contribution in [3.63, 3.8) is 0 Å². The van der Waals surface area contributed by atoms with Crippen molar-refractivity contribution >= 4 is 0 Å². The zero-order valence-electron chi connectivity index (χ0n) is 19.9. The first-order valence-electron chi connectivity index (χ1n) is 13.0. The van der Waals surface area contributed by atoms with Crippen LogP contribution in [0.3, 0.4) is 0 Å². The number of fused-ring (bicyclic) bond motifs is 5. The average Bonchev–Trinajstić information content (AvgIpc) is 2.98. The second-order valence-corrected chi connectivity index (χ2v) is 12.8. The van der Waals surface area contributed by atoms with Crippen LogP contribution in [0.5, 0.6) is 0 Å². The quantitative estimate of drug-likeness (QED) is 0.553. The average molecular weight is 405 g/mol. The lowest BCUT2D eigenvalue weighted by atomic mass is 9.43. The summed E-state index contributed by atoms with van der Waals surface area (Å²) in [5, 5.41) is 21.8. The molecule has 29 heavy (non-hydrogen) atoms. The molecule has 0 spiro atoms. The van der Waals surface area contributed by atoms with E-state index in [0.717, 1.165) is 49.4 Å². The van der Waals surface area contributed by atoms with E-state index in [2.05, 4.69) is 34.6 Å². The molecule has 2 heteroatoms. The minimum absolute atomic E-state index is 0.0989. The van der Waals surface area contributed by atoms with Crippen molar-refractivity contribution in [1.29, 1.82) is 0 Å². The van der Waals surface area contributed by atoms with Crippen LogP contribution in [0, 0.1) is 52.3 Å². The van der Waals surface area contributed by atoms with Gasteiger partial charge in [-0.3, -0.25) is 0 Å². The Labute approximate surface area is 180 Å². The monoisotopic (exact) mass is 404 g/mol. The molecule has 0 amide bonds. The zero-order chi connectivity index (χ0) is 21.0. The van der Waals surface area contributed by atoms with Gasteiger partial charge in [-0.25, -0.2) is 0 Å². The molecule has 0 heterocycles. The summed E-state index contributed by atoms with van der Waals surface area (Å²) in [5.41, 5.74) is 0.596. The highest BCUT2D eigenvalue weighted by Gasteiger charge is 2.63. The summed E-state index contributed by atoms with van der Waals surface area (Å²) in [6, 6.07) is 0. The molecule has 4 saturated carbocycles. The fraction of sp³-hybridized carbons (Fsp3) is 1.00. The summed E-state index contributed by atoms with van der Waals surface area (Å²) in [7, 11) is 0. The molecule has 10 atom stereocenters. The van der Waals surface area contributed by atoms with E-state index in [9.17, 15) is 10.2 Å². The number of hydrogen-bond acceptors (Lipinski definition) is 2. The molecule has 0 radical (unpaired) electrons. The highest BCUT2D eigenvalue weighted by Crippen LogP contribution is 2.68. The van der Waals surface area contributed by atoms with Gasteiger partial charge in [0.15, 0.2) is 0 Å². The van der Waals surface area contributed by atoms with Gasteiger partial charge >= 0.3 is 0 Å². The van der Waals surface area contributed by atoms with Crippen LogP contribution in [0.2, 0.25) is 0 Å². The molecular formula is C27H48O2. The first-order chi connectivity index (χ1) is 13.7. The van der Waals surface area contributed by atoms with Crippen LogP contribution in [0.25, 0.3) is 0 Å². The summed E-state index contributed by atoms with van der Waals surface area (Å²) in [6.07, 6.45) is 13.3. The van der Waals surface area contributed by atoms with Gasteiger partial charge in [-0.2, -0.15) is 0 Å².